The summed E-state index contributed by atoms with van der Waals surface area (Å²) in [7, 11) is -3.58. The standard InChI is InChI=1S/C14H13N3O2S/c1-10-4-2-3-5-14(10)20(18,19)17-12-6-7-13-11(8-12)9-15-16-13/h2-9,17H,1H3,(H,15,16). The van der Waals surface area contributed by atoms with Crippen molar-refractivity contribution in [3.8, 4) is 0 Å². The summed E-state index contributed by atoms with van der Waals surface area (Å²) in [5, 5.41) is 7.59. The Bertz CT molecular complexity index is 869. The van der Waals surface area contributed by atoms with E-state index in [-0.39, 0.29) is 4.90 Å². The minimum atomic E-state index is -3.58. The molecule has 5 nitrogen and oxygen atoms in total. The van der Waals surface area contributed by atoms with Gasteiger partial charge in [0.15, 0.2) is 0 Å². The van der Waals surface area contributed by atoms with E-state index < -0.39 is 10.0 Å². The monoisotopic (exact) mass is 287 g/mol. The van der Waals surface area contributed by atoms with Crippen LogP contribution in [0.2, 0.25) is 0 Å². The largest absolute Gasteiger partial charge is 0.280 e. The molecule has 2 aromatic carbocycles. The van der Waals surface area contributed by atoms with Crippen molar-refractivity contribution in [1.82, 2.24) is 10.2 Å². The second kappa shape index (κ2) is 4.64. The normalized spacial score (nSPS) is 11.7. The molecule has 0 saturated heterocycles. The topological polar surface area (TPSA) is 74.8 Å². The Morgan fingerprint density at radius 3 is 2.75 bits per heavy atom. The van der Waals surface area contributed by atoms with Gasteiger partial charge in [0, 0.05) is 11.1 Å². The van der Waals surface area contributed by atoms with Crippen molar-refractivity contribution in [2.24, 2.45) is 0 Å². The number of benzene rings is 2. The van der Waals surface area contributed by atoms with E-state index in [4.69, 9.17) is 0 Å². The molecule has 1 heterocycles. The molecule has 3 aromatic rings. The van der Waals surface area contributed by atoms with Crippen molar-refractivity contribution in [3.63, 3.8) is 0 Å². The molecule has 1 aromatic heterocycles. The van der Waals surface area contributed by atoms with Gasteiger partial charge in [0.1, 0.15) is 0 Å². The Hall–Kier alpha value is -2.34. The number of anilines is 1. The summed E-state index contributed by atoms with van der Waals surface area (Å²) in [4.78, 5) is 0.285. The Morgan fingerprint density at radius 1 is 1.15 bits per heavy atom. The van der Waals surface area contributed by atoms with Gasteiger partial charge in [-0.05, 0) is 36.8 Å². The molecule has 0 aliphatic carbocycles. The van der Waals surface area contributed by atoms with Gasteiger partial charge < -0.3 is 0 Å². The van der Waals surface area contributed by atoms with Crippen molar-refractivity contribution in [3.05, 3.63) is 54.2 Å². The minimum absolute atomic E-state index is 0.285. The first-order valence-corrected chi connectivity index (χ1v) is 7.56. The second-order valence-corrected chi connectivity index (χ2v) is 6.19. The van der Waals surface area contributed by atoms with Gasteiger partial charge in [0.2, 0.25) is 0 Å². The third-order valence-corrected chi connectivity index (χ3v) is 4.62. The van der Waals surface area contributed by atoms with Crippen LogP contribution in [0.5, 0.6) is 0 Å². The van der Waals surface area contributed by atoms with Crippen LogP contribution in [0, 0.1) is 6.92 Å². The first-order chi connectivity index (χ1) is 9.56. The number of rotatable bonds is 3. The highest BCUT2D eigenvalue weighted by Crippen LogP contribution is 2.21. The maximum absolute atomic E-state index is 12.4. The zero-order valence-corrected chi connectivity index (χ0v) is 11.6. The van der Waals surface area contributed by atoms with Gasteiger partial charge in [-0.25, -0.2) is 8.42 Å². The van der Waals surface area contributed by atoms with Crippen molar-refractivity contribution in [1.29, 1.82) is 0 Å². The molecule has 0 atom stereocenters. The Kier molecular flexibility index (Phi) is 2.94. The molecule has 0 radical (unpaired) electrons. The number of nitrogens with one attached hydrogen (secondary N) is 2. The maximum atomic E-state index is 12.4. The van der Waals surface area contributed by atoms with Crippen LogP contribution in [0.1, 0.15) is 5.56 Å². The minimum Gasteiger partial charge on any atom is -0.280 e. The quantitative estimate of drug-likeness (QED) is 0.777. The molecule has 0 amide bonds. The molecule has 0 fully saturated rings. The van der Waals surface area contributed by atoms with Gasteiger partial charge in [-0.1, -0.05) is 18.2 Å². The number of aryl methyl sites for hydroxylation is 1. The Morgan fingerprint density at radius 2 is 1.95 bits per heavy atom. The van der Waals surface area contributed by atoms with E-state index in [0.717, 1.165) is 10.9 Å². The van der Waals surface area contributed by atoms with Crippen molar-refractivity contribution in [2.45, 2.75) is 11.8 Å². The Labute approximate surface area is 116 Å². The summed E-state index contributed by atoms with van der Waals surface area (Å²) >= 11 is 0. The average molecular weight is 287 g/mol. The molecular formula is C14H13N3O2S. The summed E-state index contributed by atoms with van der Waals surface area (Å²) in [6, 6.07) is 12.1. The molecule has 20 heavy (non-hydrogen) atoms. The lowest BCUT2D eigenvalue weighted by atomic mass is 10.2. The summed E-state index contributed by atoms with van der Waals surface area (Å²) in [6.45, 7) is 1.77. The van der Waals surface area contributed by atoms with E-state index in [0.29, 0.717) is 11.3 Å². The van der Waals surface area contributed by atoms with Gasteiger partial charge in [0.05, 0.1) is 16.6 Å². The van der Waals surface area contributed by atoms with Crippen LogP contribution in [0.3, 0.4) is 0 Å². The number of hydrogen-bond donors (Lipinski definition) is 2. The van der Waals surface area contributed by atoms with Gasteiger partial charge in [-0.3, -0.25) is 9.82 Å². The molecule has 2 N–H and O–H groups in total. The summed E-state index contributed by atoms with van der Waals surface area (Å²) < 4.78 is 27.3. The number of sulfonamides is 1. The van der Waals surface area contributed by atoms with Crippen LogP contribution < -0.4 is 4.72 Å². The van der Waals surface area contributed by atoms with Crippen LogP contribution in [-0.4, -0.2) is 18.6 Å². The number of hydrogen-bond acceptors (Lipinski definition) is 3. The first kappa shape index (κ1) is 12.7. The van der Waals surface area contributed by atoms with E-state index in [1.165, 1.54) is 0 Å². The smallest absolute Gasteiger partial charge is 0.262 e. The van der Waals surface area contributed by atoms with Gasteiger partial charge in [-0.2, -0.15) is 5.10 Å². The lowest BCUT2D eigenvalue weighted by Gasteiger charge is -2.10. The van der Waals surface area contributed by atoms with Crippen LogP contribution in [0.4, 0.5) is 5.69 Å². The Balaban J connectivity index is 1.99. The van der Waals surface area contributed by atoms with E-state index in [2.05, 4.69) is 14.9 Å². The zero-order valence-electron chi connectivity index (χ0n) is 10.8. The van der Waals surface area contributed by atoms with Gasteiger partial charge in [-0.15, -0.1) is 0 Å². The summed E-state index contributed by atoms with van der Waals surface area (Å²) in [5.74, 6) is 0. The van der Waals surface area contributed by atoms with Crippen LogP contribution in [0.25, 0.3) is 10.9 Å². The molecule has 6 heteroatoms. The summed E-state index contributed by atoms with van der Waals surface area (Å²) in [6.07, 6.45) is 1.65. The lowest BCUT2D eigenvalue weighted by Crippen LogP contribution is -2.14. The predicted molar refractivity (Wildman–Crippen MR) is 78.1 cm³/mol. The fourth-order valence-corrected chi connectivity index (χ4v) is 3.37. The third kappa shape index (κ3) is 2.25. The third-order valence-electron chi connectivity index (χ3n) is 3.08. The van der Waals surface area contributed by atoms with Gasteiger partial charge >= 0.3 is 0 Å². The summed E-state index contributed by atoms with van der Waals surface area (Å²) in [5.41, 5.74) is 2.09. The molecule has 0 bridgehead atoms. The second-order valence-electron chi connectivity index (χ2n) is 4.54. The van der Waals surface area contributed by atoms with E-state index >= 15 is 0 Å². The number of aromatic amines is 1. The molecule has 0 unspecified atom stereocenters. The van der Waals surface area contributed by atoms with E-state index in [1.54, 1.807) is 49.5 Å². The number of H-pyrrole nitrogens is 1. The molecule has 0 aliphatic heterocycles. The number of nitrogens with zero attached hydrogens (tertiary/aromatic N) is 1. The number of fused-ring (bicyclic) bond motifs is 1. The average Bonchev–Trinajstić information content (AvgIpc) is 2.86. The molecule has 0 aliphatic rings. The zero-order chi connectivity index (χ0) is 14.2. The van der Waals surface area contributed by atoms with Crippen LogP contribution in [-0.2, 0) is 10.0 Å². The fourth-order valence-electron chi connectivity index (χ4n) is 2.07. The van der Waals surface area contributed by atoms with E-state index in [1.807, 2.05) is 6.07 Å². The highest BCUT2D eigenvalue weighted by Gasteiger charge is 2.16. The number of aromatic nitrogens is 2. The molecule has 3 rings (SSSR count). The van der Waals surface area contributed by atoms with Crippen molar-refractivity contribution >= 4 is 26.6 Å². The molecule has 0 saturated carbocycles. The fraction of sp³-hybridized carbons (Fsp3) is 0.0714. The predicted octanol–water partition coefficient (Wildman–Crippen LogP) is 2.67. The lowest BCUT2D eigenvalue weighted by molar-refractivity contribution is 0.600. The van der Waals surface area contributed by atoms with Crippen molar-refractivity contribution < 1.29 is 8.42 Å². The highest BCUT2D eigenvalue weighted by atomic mass is 32.2. The first-order valence-electron chi connectivity index (χ1n) is 6.08. The van der Waals surface area contributed by atoms with E-state index in [9.17, 15) is 8.42 Å². The van der Waals surface area contributed by atoms with Gasteiger partial charge in [0.25, 0.3) is 10.0 Å². The van der Waals surface area contributed by atoms with Crippen molar-refractivity contribution in [2.75, 3.05) is 4.72 Å². The SMILES string of the molecule is Cc1ccccc1S(=O)(=O)Nc1ccc2[nH]ncc2c1. The maximum Gasteiger partial charge on any atom is 0.262 e. The highest BCUT2D eigenvalue weighted by molar-refractivity contribution is 7.92. The van der Waals surface area contributed by atoms with Crippen LogP contribution in [0.15, 0.2) is 53.6 Å². The molecule has 102 valence electrons. The molecule has 0 spiro atoms. The molecular weight excluding hydrogens is 274 g/mol. The van der Waals surface area contributed by atoms with Crippen LogP contribution >= 0.6 is 0 Å².